The first-order valence-corrected chi connectivity index (χ1v) is 10.2. The first-order chi connectivity index (χ1) is 11.6. The van der Waals surface area contributed by atoms with Crippen LogP contribution in [0, 0.1) is 0 Å². The third-order valence-electron chi connectivity index (χ3n) is 3.79. The molecule has 128 valence electrons. The van der Waals surface area contributed by atoms with Gasteiger partial charge in [-0.25, -0.2) is 0 Å². The van der Waals surface area contributed by atoms with E-state index >= 15 is 0 Å². The van der Waals surface area contributed by atoms with E-state index in [0.717, 1.165) is 0 Å². The van der Waals surface area contributed by atoms with Crippen LogP contribution in [0.3, 0.4) is 0 Å². The molecule has 4 heteroatoms. The molecule has 3 nitrogen and oxygen atoms in total. The van der Waals surface area contributed by atoms with Crippen molar-refractivity contribution in [1.29, 1.82) is 0 Å². The summed E-state index contributed by atoms with van der Waals surface area (Å²) in [4.78, 5) is 12.3. The Labute approximate surface area is 151 Å². The Morgan fingerprint density at radius 2 is 1.62 bits per heavy atom. The molecule has 0 heterocycles. The van der Waals surface area contributed by atoms with Gasteiger partial charge in [-0.2, -0.15) is 0 Å². The van der Waals surface area contributed by atoms with Gasteiger partial charge in [0.2, 0.25) is 0 Å². The molecule has 0 saturated carbocycles. The second kappa shape index (κ2) is 9.63. The van der Waals surface area contributed by atoms with Crippen molar-refractivity contribution in [3.05, 3.63) is 66.2 Å². The fourth-order valence-corrected chi connectivity index (χ4v) is 4.76. The fourth-order valence-electron chi connectivity index (χ4n) is 2.54. The maximum absolute atomic E-state index is 12.5. The normalized spacial score (nSPS) is 14.6. The van der Waals surface area contributed by atoms with E-state index in [9.17, 15) is 4.79 Å². The van der Waals surface area contributed by atoms with Gasteiger partial charge >= 0.3 is 151 Å². The van der Waals surface area contributed by atoms with E-state index in [1.807, 2.05) is 43.3 Å². The van der Waals surface area contributed by atoms with E-state index in [2.05, 4.69) is 43.4 Å². The van der Waals surface area contributed by atoms with E-state index in [4.69, 9.17) is 4.74 Å². The topological polar surface area (TPSA) is 38.3 Å². The third kappa shape index (κ3) is 5.48. The van der Waals surface area contributed by atoms with Crippen molar-refractivity contribution in [2.45, 2.75) is 37.7 Å². The second-order valence-electron chi connectivity index (χ2n) is 5.69. The van der Waals surface area contributed by atoms with Crippen molar-refractivity contribution in [2.24, 2.45) is 0 Å². The quantitative estimate of drug-likeness (QED) is 0.556. The van der Waals surface area contributed by atoms with Crippen LogP contribution >= 0.6 is 0 Å². The van der Waals surface area contributed by atoms with Crippen molar-refractivity contribution in [1.82, 2.24) is 5.32 Å². The van der Waals surface area contributed by atoms with E-state index in [-0.39, 0.29) is 37.8 Å². The molecule has 0 spiro atoms. The molecular weight excluding hydrogens is 365 g/mol. The van der Waals surface area contributed by atoms with Gasteiger partial charge in [-0.05, 0) is 0 Å². The number of benzene rings is 2. The molecule has 0 radical (unpaired) electrons. The SMILES string of the molecule is CCOC(=O)[C@@H]([Se]c1ccccc1)[C@@H](C)N[C@H](C)c1ccccc1. The molecule has 2 aromatic carbocycles. The van der Waals surface area contributed by atoms with Crippen molar-refractivity contribution in [3.8, 4) is 0 Å². The van der Waals surface area contributed by atoms with Crippen LogP contribution in [0.25, 0.3) is 0 Å². The zero-order valence-corrected chi connectivity index (χ0v) is 16.2. The van der Waals surface area contributed by atoms with E-state index in [1.54, 1.807) is 0 Å². The standard InChI is InChI=1S/C20H25NO2Se/c1-4-23-20(22)19(24-18-13-9-6-10-14-18)16(3)21-15(2)17-11-7-5-8-12-17/h5-16,19,21H,4H2,1-3H3/t15-,16-,19+/m1/s1. The first-order valence-electron chi connectivity index (χ1n) is 8.31. The summed E-state index contributed by atoms with van der Waals surface area (Å²) < 4.78 is 6.53. The van der Waals surface area contributed by atoms with Crippen LogP contribution in [0.4, 0.5) is 0 Å². The van der Waals surface area contributed by atoms with Crippen LogP contribution in [0.2, 0.25) is 4.82 Å². The number of carbonyl (C=O) groups is 1. The Hall–Kier alpha value is -1.61. The van der Waals surface area contributed by atoms with Gasteiger partial charge in [0.15, 0.2) is 0 Å². The predicted molar refractivity (Wildman–Crippen MR) is 99.7 cm³/mol. The van der Waals surface area contributed by atoms with Crippen LogP contribution < -0.4 is 9.78 Å². The predicted octanol–water partition coefficient (Wildman–Crippen LogP) is 3.11. The minimum absolute atomic E-state index is 0.0241. The number of nitrogens with one attached hydrogen (secondary N) is 1. The van der Waals surface area contributed by atoms with Crippen LogP contribution in [0.5, 0.6) is 0 Å². The monoisotopic (exact) mass is 391 g/mol. The zero-order chi connectivity index (χ0) is 17.4. The van der Waals surface area contributed by atoms with Crippen LogP contribution in [-0.4, -0.2) is 33.6 Å². The average molecular weight is 390 g/mol. The molecule has 0 aliphatic rings. The summed E-state index contributed by atoms with van der Waals surface area (Å²) in [6.45, 7) is 6.48. The van der Waals surface area contributed by atoms with Gasteiger partial charge in [-0.15, -0.1) is 0 Å². The maximum atomic E-state index is 12.5. The molecule has 2 aromatic rings. The first kappa shape index (κ1) is 18.7. The molecule has 24 heavy (non-hydrogen) atoms. The Bertz CT molecular complexity index is 618. The number of esters is 1. The second-order valence-corrected chi connectivity index (χ2v) is 8.24. The summed E-state index contributed by atoms with van der Waals surface area (Å²) in [7, 11) is 0. The van der Waals surface area contributed by atoms with Crippen LogP contribution in [0.15, 0.2) is 60.7 Å². The van der Waals surface area contributed by atoms with E-state index < -0.39 is 0 Å². The van der Waals surface area contributed by atoms with Crippen molar-refractivity contribution < 1.29 is 9.53 Å². The Morgan fingerprint density at radius 1 is 1.04 bits per heavy atom. The van der Waals surface area contributed by atoms with Gasteiger partial charge in [-0.3, -0.25) is 0 Å². The van der Waals surface area contributed by atoms with Gasteiger partial charge in [0.05, 0.1) is 0 Å². The minimum atomic E-state index is -0.147. The number of carbonyl (C=O) groups excluding carboxylic acids is 1. The van der Waals surface area contributed by atoms with Gasteiger partial charge in [0.1, 0.15) is 0 Å². The van der Waals surface area contributed by atoms with Gasteiger partial charge < -0.3 is 0 Å². The van der Waals surface area contributed by atoms with Crippen LogP contribution in [-0.2, 0) is 9.53 Å². The van der Waals surface area contributed by atoms with E-state index in [0.29, 0.717) is 6.61 Å². The van der Waals surface area contributed by atoms with Gasteiger partial charge in [-0.1, -0.05) is 0 Å². The molecule has 1 N–H and O–H groups in total. The molecule has 0 aliphatic carbocycles. The summed E-state index contributed by atoms with van der Waals surface area (Å²) in [6.07, 6.45) is 0. The molecule has 0 fully saturated rings. The molecule has 0 aromatic heterocycles. The molecular formula is C20H25NO2Se. The summed E-state index contributed by atoms with van der Waals surface area (Å²) in [5.41, 5.74) is 1.22. The molecule has 2 rings (SSSR count). The number of hydrogen-bond acceptors (Lipinski definition) is 3. The third-order valence-corrected chi connectivity index (χ3v) is 6.73. The van der Waals surface area contributed by atoms with Gasteiger partial charge in [0.25, 0.3) is 0 Å². The average Bonchev–Trinajstić information content (AvgIpc) is 2.61. The van der Waals surface area contributed by atoms with Gasteiger partial charge in [0, 0.05) is 0 Å². The van der Waals surface area contributed by atoms with Crippen molar-refractivity contribution in [2.75, 3.05) is 6.61 Å². The molecule has 0 bridgehead atoms. The summed E-state index contributed by atoms with van der Waals surface area (Å²) >= 11 is 0.0241. The summed E-state index contributed by atoms with van der Waals surface area (Å²) in [5, 5.41) is 3.57. The molecule has 0 aliphatic heterocycles. The van der Waals surface area contributed by atoms with Crippen molar-refractivity contribution in [3.63, 3.8) is 0 Å². The van der Waals surface area contributed by atoms with Crippen molar-refractivity contribution >= 4 is 25.4 Å². The Balaban J connectivity index is 2.09. The molecule has 0 amide bonds. The number of hydrogen-bond donors (Lipinski definition) is 1. The van der Waals surface area contributed by atoms with E-state index in [1.165, 1.54) is 10.0 Å². The number of rotatable bonds is 8. The van der Waals surface area contributed by atoms with Crippen LogP contribution in [0.1, 0.15) is 32.4 Å². The molecule has 0 unspecified atom stereocenters. The summed E-state index contributed by atoms with van der Waals surface area (Å²) in [5.74, 6) is -0.110. The Morgan fingerprint density at radius 3 is 2.21 bits per heavy atom. The Kier molecular flexibility index (Phi) is 7.51. The number of ether oxygens (including phenoxy) is 1. The fraction of sp³-hybridized carbons (Fsp3) is 0.350. The zero-order valence-electron chi connectivity index (χ0n) is 14.4. The molecule has 0 saturated heterocycles. The summed E-state index contributed by atoms with van der Waals surface area (Å²) in [6, 6.07) is 20.7. The molecule has 3 atom stereocenters.